The van der Waals surface area contributed by atoms with Crippen molar-refractivity contribution >= 4 is 124 Å². The molecule has 0 bridgehead atoms. The highest BCUT2D eigenvalue weighted by molar-refractivity contribution is 8.07. The first-order valence-corrected chi connectivity index (χ1v) is 34.2. The standard InChI is InChI=1S/C53H70F2N16O18P2S2/c1-26(2)39(67-35(73)11-13-58-36(74)16-27(3)50(76)77)33(72)18-29(6-5-12-59-51(57)78)48(75)66-31-9-7-28(8-10-31)19-84-53(80)69(4)14-15-83-52(79)68-45-41-47(63-23-61-45)70(24-65-41)32-17-30-20-85-90(81,92)89-43-34(21-86-91(82,93)88-42(30)37(32)54)87-49(38(43)55)71-25-64-40-44(56)60-22-62-46(40)71/h7-10,22-27,29-30,32,34,37-39,42-43,49H,5-6,11-21H2,1-4H3,(H,58,74)(H,66,75)(H,67,73)(H,76,77)(H,81,92)(H,82,93)(H2,56,60,62)(H3,57,59,78)(H,61,63,68,79)/t27?,29-,30-,32-,34-,37+,38-,39+,42-,43-,49-,90?,91?/m1/s1. The summed E-state index contributed by atoms with van der Waals surface area (Å²) in [5.41, 5.74) is 12.3. The number of nitrogens with two attached hydrogens (primary N) is 2. The smallest absolute Gasteiger partial charge is 0.412 e. The number of primary amides is 1. The number of anilines is 3. The van der Waals surface area contributed by atoms with Gasteiger partial charge in [-0.15, -0.1) is 0 Å². The molecule has 34 nitrogen and oxygen atoms in total. The number of ether oxygens (including phenoxy) is 3. The molecule has 506 valence electrons. The average molecular weight is 1380 g/mol. The third-order valence-corrected chi connectivity index (χ3v) is 18.4. The topological polar surface area (TPSA) is 464 Å². The zero-order valence-corrected chi connectivity index (χ0v) is 53.8. The van der Waals surface area contributed by atoms with Gasteiger partial charge < -0.3 is 84.9 Å². The number of urea groups is 1. The van der Waals surface area contributed by atoms with Crippen LogP contribution >= 0.6 is 13.4 Å². The van der Waals surface area contributed by atoms with Crippen molar-refractivity contribution in [3.8, 4) is 0 Å². The molecule has 7 amide bonds. The molecule has 3 fully saturated rings. The first-order chi connectivity index (χ1) is 44.1. The number of amides is 7. The van der Waals surface area contributed by atoms with Gasteiger partial charge in [0, 0.05) is 56.9 Å². The van der Waals surface area contributed by atoms with E-state index in [1.54, 1.807) is 38.1 Å². The molecule has 4 aromatic heterocycles. The predicted molar refractivity (Wildman–Crippen MR) is 329 cm³/mol. The molecule has 5 aromatic rings. The molecule has 2 aliphatic heterocycles. The van der Waals surface area contributed by atoms with Crippen molar-refractivity contribution in [1.29, 1.82) is 0 Å². The van der Waals surface area contributed by atoms with E-state index in [0.29, 0.717) is 11.3 Å². The lowest BCUT2D eigenvalue weighted by Gasteiger charge is -2.30. The second kappa shape index (κ2) is 31.5. The number of fused-ring (bicyclic) bond motifs is 4. The zero-order valence-electron chi connectivity index (χ0n) is 50.4. The number of Topliss-reactive ketones (excluding diaryl/α,β-unsaturated/α-hetero) is 1. The molecule has 1 aromatic carbocycles. The van der Waals surface area contributed by atoms with E-state index in [9.17, 15) is 48.1 Å². The number of nitrogens with one attached hydrogen (secondary N) is 5. The van der Waals surface area contributed by atoms with Crippen LogP contribution in [0.5, 0.6) is 0 Å². The van der Waals surface area contributed by atoms with E-state index in [1.807, 2.05) is 0 Å². The number of carbonyl (C=O) groups is 8. The van der Waals surface area contributed by atoms with Crippen LogP contribution in [0.4, 0.5) is 40.5 Å². The highest BCUT2D eigenvalue weighted by Gasteiger charge is 2.53. The van der Waals surface area contributed by atoms with Crippen LogP contribution in [0.25, 0.3) is 22.3 Å². The number of hydrogen-bond acceptors (Lipinski definition) is 24. The van der Waals surface area contributed by atoms with Crippen LogP contribution in [-0.2, 0) is 86.5 Å². The fraction of sp³-hybridized carbons (Fsp3) is 0.547. The van der Waals surface area contributed by atoms with Gasteiger partial charge in [0.2, 0.25) is 17.7 Å². The summed E-state index contributed by atoms with van der Waals surface area (Å²) >= 11 is 10.6. The van der Waals surface area contributed by atoms with Gasteiger partial charge in [0.15, 0.2) is 46.6 Å². The number of imidazole rings is 2. The predicted octanol–water partition coefficient (Wildman–Crippen LogP) is 3.17. The number of halogens is 2. The number of aliphatic carboxylic acids is 1. The highest BCUT2D eigenvalue weighted by Crippen LogP contribution is 2.56. The third-order valence-electron chi connectivity index (χ3n) is 15.2. The van der Waals surface area contributed by atoms with Crippen molar-refractivity contribution in [3.05, 3.63) is 55.1 Å². The van der Waals surface area contributed by atoms with E-state index >= 15 is 8.78 Å². The number of carbonyl (C=O) groups excluding carboxylic acids is 7. The summed E-state index contributed by atoms with van der Waals surface area (Å²) in [5.74, 6) is -6.53. The van der Waals surface area contributed by atoms with E-state index in [4.69, 9.17) is 72.5 Å². The third kappa shape index (κ3) is 18.8. The number of nitrogen functional groups attached to an aromatic ring is 1. The summed E-state index contributed by atoms with van der Waals surface area (Å²) in [5, 5.41) is 21.9. The molecule has 12 N–H and O–H groups in total. The molecule has 3 unspecified atom stereocenters. The number of nitrogens with zero attached hydrogens (tertiary/aromatic N) is 9. The number of benzene rings is 1. The molecule has 40 heteroatoms. The van der Waals surface area contributed by atoms with E-state index in [0.717, 1.165) is 17.6 Å². The second-order valence-corrected chi connectivity index (χ2v) is 28.0. The molecule has 1 saturated carbocycles. The fourth-order valence-electron chi connectivity index (χ4n) is 10.3. The monoisotopic (exact) mass is 1380 g/mol. The van der Waals surface area contributed by atoms with Crippen molar-refractivity contribution in [2.45, 2.75) is 115 Å². The Balaban J connectivity index is 0.796. The van der Waals surface area contributed by atoms with Crippen LogP contribution in [0.15, 0.2) is 49.6 Å². The minimum atomic E-state index is -4.36. The average Bonchev–Trinajstić information content (AvgIpc) is 1.63. The number of likely N-dealkylation sites (N-methyl/N-ethyl adjacent to an activating group) is 1. The van der Waals surface area contributed by atoms with E-state index in [2.05, 4.69) is 56.5 Å². The SMILES string of the molecule is CC(CC(=O)NCCC(=O)N[C@H](C(=O)C[C@@H](CCCNC(N)=O)C(=O)Nc1ccc(COC(=O)N(C)CCOC(=O)Nc2ncnc3c2ncn3[C@@H]2C[C@@H]3COP(O)(=S)O[C@H]4[C@@H](F)[C@H](n5cnc6c(N)ncnc65)O[C@@H]4COP(O)(=S)O[C@H]3[C@H]2F)cc1)C(C)C)C(=O)O. The summed E-state index contributed by atoms with van der Waals surface area (Å²) in [4.78, 5) is 149. The van der Waals surface area contributed by atoms with E-state index < -0.39 is 147 Å². The maximum absolute atomic E-state index is 16.8. The Morgan fingerprint density at radius 2 is 1.48 bits per heavy atom. The van der Waals surface area contributed by atoms with Gasteiger partial charge >= 0.3 is 37.6 Å². The number of rotatable bonds is 25. The molecule has 1 aliphatic carbocycles. The van der Waals surface area contributed by atoms with Crippen molar-refractivity contribution < 1.29 is 94.3 Å². The van der Waals surface area contributed by atoms with Crippen molar-refractivity contribution in [2.24, 2.45) is 29.4 Å². The number of carboxylic acids is 1. The molecule has 0 spiro atoms. The maximum atomic E-state index is 16.8. The Hall–Kier alpha value is -7.64. The van der Waals surface area contributed by atoms with Crippen LogP contribution in [0.2, 0.25) is 0 Å². The number of hydrogen-bond donors (Lipinski definition) is 10. The van der Waals surface area contributed by atoms with E-state index in [1.165, 1.54) is 35.8 Å². The van der Waals surface area contributed by atoms with Gasteiger partial charge in [0.1, 0.15) is 55.9 Å². The Morgan fingerprint density at radius 1 is 0.817 bits per heavy atom. The van der Waals surface area contributed by atoms with Gasteiger partial charge in [0.05, 0.1) is 50.4 Å². The molecule has 2 saturated heterocycles. The van der Waals surface area contributed by atoms with Crippen molar-refractivity contribution in [2.75, 3.05) is 62.9 Å². The second-order valence-electron chi connectivity index (χ2n) is 22.4. The minimum Gasteiger partial charge on any atom is -0.481 e. The Labute approximate surface area is 538 Å². The minimum absolute atomic E-state index is 0.00930. The number of ketones is 1. The summed E-state index contributed by atoms with van der Waals surface area (Å²) < 4.78 is 75.2. The highest BCUT2D eigenvalue weighted by atomic mass is 32.5. The molecule has 3 aliphatic rings. The fourth-order valence-corrected chi connectivity index (χ4v) is 13.3. The molecule has 93 heavy (non-hydrogen) atoms. The van der Waals surface area contributed by atoms with Crippen molar-refractivity contribution in [1.82, 2.24) is 59.9 Å². The van der Waals surface area contributed by atoms with Gasteiger partial charge in [-0.2, -0.15) is 0 Å². The quantitative estimate of drug-likeness (QED) is 0.0296. The van der Waals surface area contributed by atoms with Gasteiger partial charge in [-0.1, -0.05) is 32.9 Å². The number of alkyl halides is 2. The Kier molecular flexibility index (Phi) is 24.1. The molecule has 8 rings (SSSR count). The van der Waals surface area contributed by atoms with Crippen LogP contribution < -0.4 is 38.1 Å². The zero-order chi connectivity index (χ0) is 67.5. The van der Waals surface area contributed by atoms with Crippen molar-refractivity contribution in [3.63, 3.8) is 0 Å². The normalized spacial score (nSPS) is 24.8. The summed E-state index contributed by atoms with van der Waals surface area (Å²) in [6.07, 6.45) is -7.61. The first kappa shape index (κ1) is 71.2. The molecule has 6 heterocycles. The molecule has 13 atom stereocenters. The summed E-state index contributed by atoms with van der Waals surface area (Å²) in [6, 6.07) is 3.36. The van der Waals surface area contributed by atoms with E-state index in [-0.39, 0.29) is 105 Å². The summed E-state index contributed by atoms with van der Waals surface area (Å²) in [6.45, 7) is -5.71. The van der Waals surface area contributed by atoms with Gasteiger partial charge in [-0.3, -0.25) is 38.4 Å². The lowest BCUT2D eigenvalue weighted by atomic mass is 9.89. The van der Waals surface area contributed by atoms with Crippen LogP contribution in [0, 0.1) is 23.7 Å². The maximum Gasteiger partial charge on any atom is 0.412 e. The van der Waals surface area contributed by atoms with Gasteiger partial charge in [-0.05, 0) is 66.5 Å². The first-order valence-electron chi connectivity index (χ1n) is 29.0. The Bertz CT molecular complexity index is 3660. The van der Waals surface area contributed by atoms with Crippen LogP contribution in [-0.4, -0.2) is 190 Å². The molecular formula is C53H70F2N16O18P2S2. The summed E-state index contributed by atoms with van der Waals surface area (Å²) in [7, 11) is 1.40. The Morgan fingerprint density at radius 3 is 2.18 bits per heavy atom. The number of carboxylic acid groups (broad SMARTS) is 1. The van der Waals surface area contributed by atoms with Gasteiger partial charge in [-0.25, -0.2) is 53.1 Å². The van der Waals surface area contributed by atoms with Crippen LogP contribution in [0.3, 0.4) is 0 Å². The van der Waals surface area contributed by atoms with Crippen LogP contribution in [0.1, 0.15) is 77.1 Å². The van der Waals surface area contributed by atoms with Gasteiger partial charge in [0.25, 0.3) is 0 Å². The number of aromatic nitrogens is 8. The molecular weight excluding hydrogens is 1310 g/mol. The lowest BCUT2D eigenvalue weighted by Crippen LogP contribution is -2.46. The lowest BCUT2D eigenvalue weighted by molar-refractivity contribution is -0.143. The molecule has 0 radical (unpaired) electrons. The largest absolute Gasteiger partial charge is 0.481 e.